The Morgan fingerprint density at radius 1 is 1.07 bits per heavy atom. The largest absolute Gasteiger partial charge is 0.444 e. The van der Waals surface area contributed by atoms with Crippen molar-refractivity contribution in [2.24, 2.45) is 11.7 Å². The molecule has 168 valence electrons. The molecule has 2 aliphatic heterocycles. The van der Waals surface area contributed by atoms with E-state index in [1.165, 1.54) is 38.5 Å². The molecule has 29 heavy (non-hydrogen) atoms. The molecule has 0 bridgehead atoms. The molecule has 2 saturated heterocycles. The smallest absolute Gasteiger partial charge is 0.410 e. The van der Waals surface area contributed by atoms with Gasteiger partial charge in [0.15, 0.2) is 0 Å². The number of ether oxygens (including phenoxy) is 1. The van der Waals surface area contributed by atoms with E-state index in [-0.39, 0.29) is 11.6 Å². The Labute approximate surface area is 177 Å². The highest BCUT2D eigenvalue weighted by Crippen LogP contribution is 2.32. The summed E-state index contributed by atoms with van der Waals surface area (Å²) in [6, 6.07) is 1.02. The van der Waals surface area contributed by atoms with Crippen LogP contribution in [0.2, 0.25) is 0 Å². The highest BCUT2D eigenvalue weighted by molar-refractivity contribution is 5.68. The summed E-state index contributed by atoms with van der Waals surface area (Å²) >= 11 is 0. The summed E-state index contributed by atoms with van der Waals surface area (Å²) in [5, 5.41) is 3.83. The second-order valence-corrected chi connectivity index (χ2v) is 10.8. The van der Waals surface area contributed by atoms with Crippen molar-refractivity contribution < 1.29 is 9.53 Å². The van der Waals surface area contributed by atoms with Crippen LogP contribution in [0, 0.1) is 5.92 Å². The van der Waals surface area contributed by atoms with Gasteiger partial charge in [0.25, 0.3) is 0 Å². The van der Waals surface area contributed by atoms with Crippen molar-refractivity contribution in [3.05, 3.63) is 0 Å². The standard InChI is InChI=1S/C23H44N4O2/c1-22(2,3)29-21(28)26-15-11-23(4,12-16-26)27-13-9-19(10-14-27)25-17-18-7-5-6-8-20(18)24/h18-20,25H,5-17,24H2,1-4H3/t18-,20-/m1/s1. The molecule has 2 heterocycles. The van der Waals surface area contributed by atoms with Gasteiger partial charge in [0.1, 0.15) is 5.60 Å². The fraction of sp³-hybridized carbons (Fsp3) is 0.957. The van der Waals surface area contributed by atoms with Crippen LogP contribution in [0.4, 0.5) is 4.79 Å². The van der Waals surface area contributed by atoms with Crippen molar-refractivity contribution in [2.75, 3.05) is 32.7 Å². The van der Waals surface area contributed by atoms with Gasteiger partial charge in [-0.1, -0.05) is 12.8 Å². The van der Waals surface area contributed by atoms with E-state index in [2.05, 4.69) is 17.1 Å². The number of carbonyl (C=O) groups is 1. The van der Waals surface area contributed by atoms with Crippen molar-refractivity contribution in [3.8, 4) is 0 Å². The Morgan fingerprint density at radius 3 is 2.28 bits per heavy atom. The highest BCUT2D eigenvalue weighted by atomic mass is 16.6. The van der Waals surface area contributed by atoms with Gasteiger partial charge in [-0.05, 0) is 78.7 Å². The zero-order valence-corrected chi connectivity index (χ0v) is 19.2. The molecule has 1 amide bonds. The van der Waals surface area contributed by atoms with Crippen molar-refractivity contribution in [2.45, 2.75) is 102 Å². The van der Waals surface area contributed by atoms with Gasteiger partial charge >= 0.3 is 6.09 Å². The lowest BCUT2D eigenvalue weighted by molar-refractivity contribution is -0.00871. The van der Waals surface area contributed by atoms with Crippen molar-refractivity contribution in [3.63, 3.8) is 0 Å². The van der Waals surface area contributed by atoms with Crippen molar-refractivity contribution in [1.29, 1.82) is 0 Å². The van der Waals surface area contributed by atoms with Crippen LogP contribution in [0.25, 0.3) is 0 Å². The third kappa shape index (κ3) is 6.31. The van der Waals surface area contributed by atoms with Crippen LogP contribution in [-0.2, 0) is 4.74 Å². The minimum absolute atomic E-state index is 0.164. The lowest BCUT2D eigenvalue weighted by Crippen LogP contribution is -2.58. The molecule has 6 heteroatoms. The summed E-state index contributed by atoms with van der Waals surface area (Å²) in [6.07, 6.45) is 9.46. The van der Waals surface area contributed by atoms with Gasteiger partial charge in [-0.2, -0.15) is 0 Å². The van der Waals surface area contributed by atoms with E-state index in [0.29, 0.717) is 18.0 Å². The first-order valence-electron chi connectivity index (χ1n) is 11.9. The number of nitrogens with one attached hydrogen (secondary N) is 1. The van der Waals surface area contributed by atoms with Gasteiger partial charge in [-0.15, -0.1) is 0 Å². The SMILES string of the molecule is CC(C)(C)OC(=O)N1CCC(C)(N2CCC(NC[C@H]3CCCC[C@H]3N)CC2)CC1. The molecule has 2 atom stereocenters. The summed E-state index contributed by atoms with van der Waals surface area (Å²) in [4.78, 5) is 16.9. The second kappa shape index (κ2) is 9.52. The second-order valence-electron chi connectivity index (χ2n) is 10.8. The van der Waals surface area contributed by atoms with Crippen LogP contribution in [0.15, 0.2) is 0 Å². The Morgan fingerprint density at radius 2 is 1.69 bits per heavy atom. The van der Waals surface area contributed by atoms with Crippen LogP contribution in [0.3, 0.4) is 0 Å². The summed E-state index contributed by atoms with van der Waals surface area (Å²) in [5.74, 6) is 0.663. The molecule has 3 aliphatic rings. The topological polar surface area (TPSA) is 70.8 Å². The Balaban J connectivity index is 1.39. The minimum atomic E-state index is -0.422. The number of nitrogens with zero attached hydrogens (tertiary/aromatic N) is 2. The third-order valence-corrected chi connectivity index (χ3v) is 7.39. The molecule has 0 spiro atoms. The van der Waals surface area contributed by atoms with Gasteiger partial charge in [0, 0.05) is 43.8 Å². The average molecular weight is 409 g/mol. The molecular formula is C23H44N4O2. The Bertz CT molecular complexity index is 531. The maximum atomic E-state index is 12.3. The van der Waals surface area contributed by atoms with Crippen LogP contribution in [0.5, 0.6) is 0 Å². The molecule has 3 rings (SSSR count). The quantitative estimate of drug-likeness (QED) is 0.746. The van der Waals surface area contributed by atoms with Crippen LogP contribution < -0.4 is 11.1 Å². The molecule has 0 aromatic carbocycles. The maximum Gasteiger partial charge on any atom is 0.410 e. The fourth-order valence-corrected chi connectivity index (χ4v) is 5.24. The van der Waals surface area contributed by atoms with Crippen LogP contribution in [0.1, 0.15) is 79.1 Å². The summed E-state index contributed by atoms with van der Waals surface area (Å²) in [5.41, 5.74) is 6.09. The van der Waals surface area contributed by atoms with E-state index in [1.54, 1.807) is 0 Å². The first-order valence-corrected chi connectivity index (χ1v) is 11.9. The number of hydrogen-bond donors (Lipinski definition) is 2. The molecule has 0 aromatic heterocycles. The predicted octanol–water partition coefficient (Wildman–Crippen LogP) is 3.35. The van der Waals surface area contributed by atoms with Crippen molar-refractivity contribution >= 4 is 6.09 Å². The molecule has 1 aliphatic carbocycles. The van der Waals surface area contributed by atoms with E-state index in [0.717, 1.165) is 45.6 Å². The fourth-order valence-electron chi connectivity index (χ4n) is 5.24. The number of amides is 1. The predicted molar refractivity (Wildman–Crippen MR) is 118 cm³/mol. The van der Waals surface area contributed by atoms with Gasteiger partial charge in [0.05, 0.1) is 0 Å². The van der Waals surface area contributed by atoms with E-state index in [4.69, 9.17) is 10.5 Å². The van der Waals surface area contributed by atoms with E-state index in [1.807, 2.05) is 25.7 Å². The van der Waals surface area contributed by atoms with E-state index < -0.39 is 5.60 Å². The summed E-state index contributed by atoms with van der Waals surface area (Å²) in [6.45, 7) is 13.2. The zero-order valence-electron chi connectivity index (χ0n) is 19.2. The number of hydrogen-bond acceptors (Lipinski definition) is 5. The van der Waals surface area contributed by atoms with Gasteiger partial charge < -0.3 is 20.7 Å². The van der Waals surface area contributed by atoms with Crippen LogP contribution in [-0.4, -0.2) is 71.8 Å². The van der Waals surface area contributed by atoms with Gasteiger partial charge in [0.2, 0.25) is 0 Å². The Hall–Kier alpha value is -0.850. The lowest BCUT2D eigenvalue weighted by Gasteiger charge is -2.49. The molecule has 3 N–H and O–H groups in total. The number of nitrogens with two attached hydrogens (primary N) is 1. The molecule has 3 fully saturated rings. The molecule has 0 aromatic rings. The Kier molecular flexibility index (Phi) is 7.50. The van der Waals surface area contributed by atoms with Crippen LogP contribution >= 0.6 is 0 Å². The number of piperidine rings is 2. The maximum absolute atomic E-state index is 12.3. The molecule has 0 radical (unpaired) electrons. The number of carbonyl (C=O) groups excluding carboxylic acids is 1. The monoisotopic (exact) mass is 408 g/mol. The number of likely N-dealkylation sites (tertiary alicyclic amines) is 2. The molecular weight excluding hydrogens is 364 g/mol. The normalized spacial score (nSPS) is 29.6. The first kappa shape index (κ1) is 22.8. The number of rotatable bonds is 4. The zero-order chi connectivity index (χ0) is 21.1. The van der Waals surface area contributed by atoms with Crippen molar-refractivity contribution in [1.82, 2.24) is 15.1 Å². The summed E-state index contributed by atoms with van der Waals surface area (Å²) in [7, 11) is 0. The third-order valence-electron chi connectivity index (χ3n) is 7.39. The summed E-state index contributed by atoms with van der Waals surface area (Å²) < 4.78 is 5.55. The minimum Gasteiger partial charge on any atom is -0.444 e. The van der Waals surface area contributed by atoms with E-state index >= 15 is 0 Å². The molecule has 0 unspecified atom stereocenters. The van der Waals surface area contributed by atoms with Gasteiger partial charge in [-0.3, -0.25) is 4.90 Å². The molecule has 6 nitrogen and oxygen atoms in total. The molecule has 1 saturated carbocycles. The highest BCUT2D eigenvalue weighted by Gasteiger charge is 2.39. The lowest BCUT2D eigenvalue weighted by atomic mass is 9.84. The van der Waals surface area contributed by atoms with Gasteiger partial charge in [-0.25, -0.2) is 4.79 Å². The average Bonchev–Trinajstić information content (AvgIpc) is 2.67. The van der Waals surface area contributed by atoms with E-state index in [9.17, 15) is 4.79 Å². The first-order chi connectivity index (χ1) is 13.7.